The number of anilines is 2. The number of carboxylic acid groups (broad SMARTS) is 1. The van der Waals surface area contributed by atoms with Gasteiger partial charge in [-0.3, -0.25) is 9.52 Å². The number of nitrogens with one attached hydrogen (secondary N) is 1. The van der Waals surface area contributed by atoms with Crippen LogP contribution in [0.3, 0.4) is 0 Å². The number of benzene rings is 2. The molecule has 0 atom stereocenters. The SMILES string of the molecule is CCOC(=O)C1CCN(c2ccc(C(=O)O)cc2NS(=O)(=O)c2ccccc2)CC1. The van der Waals surface area contributed by atoms with Crippen LogP contribution in [0.1, 0.15) is 30.1 Å². The van der Waals surface area contributed by atoms with Gasteiger partial charge in [0.05, 0.1) is 34.4 Å². The molecule has 0 aromatic heterocycles. The van der Waals surface area contributed by atoms with Crippen molar-refractivity contribution in [3.05, 3.63) is 54.1 Å². The van der Waals surface area contributed by atoms with Crippen molar-refractivity contribution in [2.24, 2.45) is 5.92 Å². The molecule has 3 rings (SSSR count). The fraction of sp³-hybridized carbons (Fsp3) is 0.333. The van der Waals surface area contributed by atoms with Crippen LogP contribution in [0.4, 0.5) is 11.4 Å². The number of hydrogen-bond donors (Lipinski definition) is 2. The third kappa shape index (κ3) is 4.91. The Hall–Kier alpha value is -3.07. The summed E-state index contributed by atoms with van der Waals surface area (Å²) in [6.07, 6.45) is 1.15. The number of hydrogen-bond acceptors (Lipinski definition) is 6. The molecule has 30 heavy (non-hydrogen) atoms. The molecule has 9 heteroatoms. The van der Waals surface area contributed by atoms with Gasteiger partial charge in [0.1, 0.15) is 0 Å². The van der Waals surface area contributed by atoms with Crippen LogP contribution in [-0.4, -0.2) is 45.2 Å². The summed E-state index contributed by atoms with van der Waals surface area (Å²) in [7, 11) is -3.89. The second kappa shape index (κ2) is 9.17. The molecular weight excluding hydrogens is 408 g/mol. The Balaban J connectivity index is 1.87. The maximum Gasteiger partial charge on any atom is 0.335 e. The molecule has 0 spiro atoms. The van der Waals surface area contributed by atoms with Crippen molar-refractivity contribution in [1.82, 2.24) is 0 Å². The summed E-state index contributed by atoms with van der Waals surface area (Å²) in [5.74, 6) is -1.56. The number of carbonyl (C=O) groups is 2. The van der Waals surface area contributed by atoms with Crippen molar-refractivity contribution in [3.63, 3.8) is 0 Å². The highest BCUT2D eigenvalue weighted by Gasteiger charge is 2.28. The van der Waals surface area contributed by atoms with Crippen LogP contribution in [0.15, 0.2) is 53.4 Å². The van der Waals surface area contributed by atoms with Crippen molar-refractivity contribution < 1.29 is 27.9 Å². The molecule has 2 aromatic rings. The Morgan fingerprint density at radius 1 is 1.13 bits per heavy atom. The molecule has 8 nitrogen and oxygen atoms in total. The summed E-state index contributed by atoms with van der Waals surface area (Å²) in [6, 6.07) is 12.2. The average molecular weight is 432 g/mol. The molecule has 0 aliphatic carbocycles. The minimum Gasteiger partial charge on any atom is -0.478 e. The molecule has 1 aliphatic heterocycles. The van der Waals surface area contributed by atoms with Gasteiger partial charge in [-0.1, -0.05) is 18.2 Å². The lowest BCUT2D eigenvalue weighted by Gasteiger charge is -2.34. The lowest BCUT2D eigenvalue weighted by molar-refractivity contribution is -0.148. The van der Waals surface area contributed by atoms with Gasteiger partial charge in [-0.2, -0.15) is 0 Å². The number of nitrogens with zero attached hydrogens (tertiary/aromatic N) is 1. The fourth-order valence-electron chi connectivity index (χ4n) is 3.45. The lowest BCUT2D eigenvalue weighted by atomic mass is 9.96. The van der Waals surface area contributed by atoms with Gasteiger partial charge >= 0.3 is 11.9 Å². The van der Waals surface area contributed by atoms with E-state index in [1.165, 1.54) is 24.3 Å². The highest BCUT2D eigenvalue weighted by molar-refractivity contribution is 7.92. The highest BCUT2D eigenvalue weighted by Crippen LogP contribution is 2.33. The van der Waals surface area contributed by atoms with E-state index in [4.69, 9.17) is 4.74 Å². The van der Waals surface area contributed by atoms with E-state index >= 15 is 0 Å². The molecule has 1 aliphatic rings. The largest absolute Gasteiger partial charge is 0.478 e. The van der Waals surface area contributed by atoms with Gasteiger partial charge in [0.25, 0.3) is 10.0 Å². The van der Waals surface area contributed by atoms with E-state index in [0.29, 0.717) is 38.2 Å². The molecule has 1 heterocycles. The second-order valence-electron chi connectivity index (χ2n) is 6.97. The van der Waals surface area contributed by atoms with Crippen LogP contribution in [-0.2, 0) is 19.6 Å². The lowest BCUT2D eigenvalue weighted by Crippen LogP contribution is -2.37. The summed E-state index contributed by atoms with van der Waals surface area (Å²) < 4.78 is 33.2. The van der Waals surface area contributed by atoms with Gasteiger partial charge in [0.2, 0.25) is 0 Å². The molecule has 1 saturated heterocycles. The standard InChI is InChI=1S/C21H24N2O6S/c1-2-29-21(26)15-10-12-23(13-11-15)19-9-8-16(20(24)25)14-18(19)22-30(27,28)17-6-4-3-5-7-17/h3-9,14-15,22H,2,10-13H2,1H3,(H,24,25). The van der Waals surface area contributed by atoms with E-state index in [1.807, 2.05) is 4.90 Å². The number of aromatic carboxylic acids is 1. The summed E-state index contributed by atoms with van der Waals surface area (Å²) in [5.41, 5.74) is 0.737. The first-order chi connectivity index (χ1) is 14.3. The number of piperidine rings is 1. The van der Waals surface area contributed by atoms with E-state index in [2.05, 4.69) is 4.72 Å². The zero-order valence-corrected chi connectivity index (χ0v) is 17.4. The number of sulfonamides is 1. The van der Waals surface area contributed by atoms with Crippen molar-refractivity contribution in [3.8, 4) is 0 Å². The Morgan fingerprint density at radius 3 is 2.40 bits per heavy atom. The van der Waals surface area contributed by atoms with Crippen LogP contribution in [0.2, 0.25) is 0 Å². The number of carboxylic acids is 1. The van der Waals surface area contributed by atoms with Crippen LogP contribution >= 0.6 is 0 Å². The zero-order valence-electron chi connectivity index (χ0n) is 16.6. The molecule has 0 unspecified atom stereocenters. The minimum absolute atomic E-state index is 0.0223. The number of carbonyl (C=O) groups excluding carboxylic acids is 1. The molecule has 0 amide bonds. The zero-order chi connectivity index (χ0) is 21.7. The molecule has 160 valence electrons. The second-order valence-corrected chi connectivity index (χ2v) is 8.65. The molecule has 0 radical (unpaired) electrons. The first-order valence-electron chi connectivity index (χ1n) is 9.68. The Bertz CT molecular complexity index is 1020. The molecule has 1 fully saturated rings. The highest BCUT2D eigenvalue weighted by atomic mass is 32.2. The summed E-state index contributed by atoms with van der Waals surface area (Å²) >= 11 is 0. The molecule has 2 N–H and O–H groups in total. The van der Waals surface area contributed by atoms with E-state index in [0.717, 1.165) is 0 Å². The molecule has 0 saturated carbocycles. The average Bonchev–Trinajstić information content (AvgIpc) is 2.74. The van der Waals surface area contributed by atoms with Crippen molar-refractivity contribution in [2.75, 3.05) is 29.3 Å². The van der Waals surface area contributed by atoms with Crippen molar-refractivity contribution >= 4 is 33.3 Å². The number of rotatable bonds is 7. The third-order valence-corrected chi connectivity index (χ3v) is 6.38. The smallest absolute Gasteiger partial charge is 0.335 e. The predicted molar refractivity (Wildman–Crippen MR) is 112 cm³/mol. The van der Waals surface area contributed by atoms with E-state index in [9.17, 15) is 23.1 Å². The Morgan fingerprint density at radius 2 is 1.80 bits per heavy atom. The monoisotopic (exact) mass is 432 g/mol. The topological polar surface area (TPSA) is 113 Å². The molecule has 0 bridgehead atoms. The molecular formula is C21H24N2O6S. The maximum absolute atomic E-state index is 12.8. The summed E-state index contributed by atoms with van der Waals surface area (Å²) in [5, 5.41) is 9.33. The Kier molecular flexibility index (Phi) is 6.61. The third-order valence-electron chi connectivity index (χ3n) is 5.00. The first kappa shape index (κ1) is 21.6. The van der Waals surface area contributed by atoms with Crippen LogP contribution < -0.4 is 9.62 Å². The van der Waals surface area contributed by atoms with Crippen LogP contribution in [0.25, 0.3) is 0 Å². The van der Waals surface area contributed by atoms with Crippen LogP contribution in [0.5, 0.6) is 0 Å². The van der Waals surface area contributed by atoms with Crippen molar-refractivity contribution in [2.45, 2.75) is 24.7 Å². The van der Waals surface area contributed by atoms with Gasteiger partial charge in [-0.15, -0.1) is 0 Å². The van der Waals surface area contributed by atoms with Gasteiger partial charge in [-0.05, 0) is 50.1 Å². The van der Waals surface area contributed by atoms with Gasteiger partial charge in [0.15, 0.2) is 0 Å². The van der Waals surface area contributed by atoms with Crippen LogP contribution in [0, 0.1) is 5.92 Å². The quantitative estimate of drug-likeness (QED) is 0.647. The fourth-order valence-corrected chi connectivity index (χ4v) is 4.53. The van der Waals surface area contributed by atoms with E-state index < -0.39 is 16.0 Å². The maximum atomic E-state index is 12.8. The van der Waals surface area contributed by atoms with Gasteiger partial charge < -0.3 is 14.7 Å². The predicted octanol–water partition coefficient (Wildman–Crippen LogP) is 2.97. The number of ether oxygens (including phenoxy) is 1. The molecule has 2 aromatic carbocycles. The minimum atomic E-state index is -3.89. The summed E-state index contributed by atoms with van der Waals surface area (Å²) in [4.78, 5) is 25.4. The Labute approximate surface area is 175 Å². The normalized spacial score (nSPS) is 14.9. The number of esters is 1. The van der Waals surface area contributed by atoms with Gasteiger partial charge in [0, 0.05) is 13.1 Å². The first-order valence-corrected chi connectivity index (χ1v) is 11.2. The van der Waals surface area contributed by atoms with Gasteiger partial charge in [-0.25, -0.2) is 13.2 Å². The summed E-state index contributed by atoms with van der Waals surface area (Å²) in [6.45, 7) is 3.15. The van der Waals surface area contributed by atoms with E-state index in [-0.39, 0.29) is 28.0 Å². The van der Waals surface area contributed by atoms with Crippen molar-refractivity contribution in [1.29, 1.82) is 0 Å². The van der Waals surface area contributed by atoms with E-state index in [1.54, 1.807) is 31.2 Å².